The van der Waals surface area contributed by atoms with Gasteiger partial charge in [0.2, 0.25) is 0 Å². The van der Waals surface area contributed by atoms with E-state index in [-0.39, 0.29) is 5.92 Å². The minimum Gasteiger partial charge on any atom is -0.378 e. The molecule has 1 atom stereocenters. The number of hydrogen-bond acceptors (Lipinski definition) is 1. The van der Waals surface area contributed by atoms with E-state index in [1.807, 2.05) is 21.0 Å². The van der Waals surface area contributed by atoms with Crippen molar-refractivity contribution in [1.82, 2.24) is 0 Å². The molecule has 0 N–H and O–H groups in total. The Morgan fingerprint density at radius 2 is 1.77 bits per heavy atom. The molecule has 13 heavy (non-hydrogen) atoms. The molecule has 1 aromatic rings. The highest BCUT2D eigenvalue weighted by atomic mass is 15.1. The van der Waals surface area contributed by atoms with Crippen molar-refractivity contribution in [3.05, 3.63) is 29.8 Å². The van der Waals surface area contributed by atoms with Crippen molar-refractivity contribution in [3.8, 4) is 12.3 Å². The molecule has 0 radical (unpaired) electrons. The third kappa shape index (κ3) is 2.26. The van der Waals surface area contributed by atoms with Crippen LogP contribution in [0.15, 0.2) is 24.3 Å². The summed E-state index contributed by atoms with van der Waals surface area (Å²) >= 11 is 0. The van der Waals surface area contributed by atoms with Crippen LogP contribution in [-0.2, 0) is 0 Å². The highest BCUT2D eigenvalue weighted by Crippen LogP contribution is 2.18. The number of nitrogens with zero attached hydrogens (tertiary/aromatic N) is 1. The van der Waals surface area contributed by atoms with Crippen molar-refractivity contribution in [2.75, 3.05) is 19.0 Å². The summed E-state index contributed by atoms with van der Waals surface area (Å²) in [6.45, 7) is 2.03. The molecule has 1 rings (SSSR count). The minimum absolute atomic E-state index is 0.205. The number of anilines is 1. The normalized spacial score (nSPS) is 11.8. The molecule has 0 aliphatic heterocycles. The van der Waals surface area contributed by atoms with Crippen molar-refractivity contribution in [2.24, 2.45) is 0 Å². The lowest BCUT2D eigenvalue weighted by Crippen LogP contribution is -2.08. The molecule has 1 nitrogen and oxygen atoms in total. The van der Waals surface area contributed by atoms with Crippen LogP contribution in [0.3, 0.4) is 0 Å². The van der Waals surface area contributed by atoms with Gasteiger partial charge in [-0.1, -0.05) is 18.1 Å². The predicted octanol–water partition coefficient (Wildman–Crippen LogP) is 2.49. The molecule has 1 unspecified atom stereocenters. The van der Waals surface area contributed by atoms with Crippen molar-refractivity contribution in [2.45, 2.75) is 12.8 Å². The summed E-state index contributed by atoms with van der Waals surface area (Å²) in [4.78, 5) is 2.07. The van der Waals surface area contributed by atoms with Crippen LogP contribution in [0.25, 0.3) is 0 Å². The zero-order valence-electron chi connectivity index (χ0n) is 8.41. The molecule has 1 aromatic carbocycles. The van der Waals surface area contributed by atoms with Gasteiger partial charge in [0.15, 0.2) is 0 Å². The second-order valence-corrected chi connectivity index (χ2v) is 3.37. The Balaban J connectivity index is 2.89. The third-order valence-corrected chi connectivity index (χ3v) is 2.16. The first-order chi connectivity index (χ1) is 6.15. The Hall–Kier alpha value is -1.42. The molecule has 0 aliphatic carbocycles. The fourth-order valence-electron chi connectivity index (χ4n) is 1.16. The lowest BCUT2D eigenvalue weighted by molar-refractivity contribution is 1.00. The zero-order valence-corrected chi connectivity index (χ0v) is 8.41. The van der Waals surface area contributed by atoms with Gasteiger partial charge in [-0.2, -0.15) is 0 Å². The van der Waals surface area contributed by atoms with E-state index in [9.17, 15) is 0 Å². The first-order valence-corrected chi connectivity index (χ1v) is 4.38. The molecule has 0 fully saturated rings. The molecule has 1 heteroatoms. The second-order valence-electron chi connectivity index (χ2n) is 3.37. The highest BCUT2D eigenvalue weighted by Gasteiger charge is 2.01. The van der Waals surface area contributed by atoms with Gasteiger partial charge in [0.25, 0.3) is 0 Å². The lowest BCUT2D eigenvalue weighted by Gasteiger charge is -2.13. The van der Waals surface area contributed by atoms with E-state index >= 15 is 0 Å². The summed E-state index contributed by atoms with van der Waals surface area (Å²) in [6.07, 6.45) is 5.34. The molecule has 0 aliphatic rings. The number of benzene rings is 1. The molecule has 0 aromatic heterocycles. The Morgan fingerprint density at radius 1 is 1.23 bits per heavy atom. The maximum absolute atomic E-state index is 5.34. The van der Waals surface area contributed by atoms with Crippen molar-refractivity contribution >= 4 is 5.69 Å². The van der Waals surface area contributed by atoms with Gasteiger partial charge in [-0.05, 0) is 24.6 Å². The van der Waals surface area contributed by atoms with Gasteiger partial charge in [-0.3, -0.25) is 0 Å². The first kappa shape index (κ1) is 9.67. The van der Waals surface area contributed by atoms with E-state index in [0.717, 1.165) is 0 Å². The van der Waals surface area contributed by atoms with E-state index in [1.165, 1.54) is 11.3 Å². The van der Waals surface area contributed by atoms with Crippen molar-refractivity contribution in [3.63, 3.8) is 0 Å². The average molecular weight is 173 g/mol. The van der Waals surface area contributed by atoms with Gasteiger partial charge in [-0.25, -0.2) is 0 Å². The highest BCUT2D eigenvalue weighted by molar-refractivity contribution is 5.47. The Bertz CT molecular complexity index is 303. The Morgan fingerprint density at radius 3 is 2.15 bits per heavy atom. The van der Waals surface area contributed by atoms with Crippen LogP contribution in [-0.4, -0.2) is 14.1 Å². The van der Waals surface area contributed by atoms with E-state index in [2.05, 4.69) is 35.1 Å². The Kier molecular flexibility index (Phi) is 2.97. The summed E-state index contributed by atoms with van der Waals surface area (Å²) in [5, 5.41) is 0. The Labute approximate surface area is 80.4 Å². The maximum Gasteiger partial charge on any atom is 0.0421 e. The van der Waals surface area contributed by atoms with Crippen LogP contribution >= 0.6 is 0 Å². The number of terminal acetylenes is 1. The van der Waals surface area contributed by atoms with Crippen molar-refractivity contribution in [1.29, 1.82) is 0 Å². The largest absolute Gasteiger partial charge is 0.378 e. The van der Waals surface area contributed by atoms with Gasteiger partial charge in [-0.15, -0.1) is 6.42 Å². The second kappa shape index (κ2) is 4.00. The van der Waals surface area contributed by atoms with Crippen LogP contribution in [0.1, 0.15) is 18.4 Å². The van der Waals surface area contributed by atoms with Gasteiger partial charge < -0.3 is 4.90 Å². The molecule has 0 spiro atoms. The van der Waals surface area contributed by atoms with E-state index in [1.54, 1.807) is 0 Å². The van der Waals surface area contributed by atoms with Crippen molar-refractivity contribution < 1.29 is 0 Å². The maximum atomic E-state index is 5.34. The van der Waals surface area contributed by atoms with Gasteiger partial charge in [0.1, 0.15) is 0 Å². The third-order valence-electron chi connectivity index (χ3n) is 2.16. The van der Waals surface area contributed by atoms with Gasteiger partial charge in [0, 0.05) is 25.7 Å². The summed E-state index contributed by atoms with van der Waals surface area (Å²) in [5.74, 6) is 2.92. The smallest absolute Gasteiger partial charge is 0.0421 e. The van der Waals surface area contributed by atoms with E-state index in [0.29, 0.717) is 0 Å². The summed E-state index contributed by atoms with van der Waals surface area (Å²) in [5.41, 5.74) is 2.40. The molecule has 0 bridgehead atoms. The number of hydrogen-bond donors (Lipinski definition) is 0. The zero-order chi connectivity index (χ0) is 9.84. The lowest BCUT2D eigenvalue weighted by atomic mass is 10.0. The monoisotopic (exact) mass is 173 g/mol. The van der Waals surface area contributed by atoms with E-state index in [4.69, 9.17) is 6.42 Å². The molecular formula is C12H15N. The topological polar surface area (TPSA) is 3.24 Å². The molecule has 0 heterocycles. The van der Waals surface area contributed by atoms with E-state index < -0.39 is 0 Å². The molecular weight excluding hydrogens is 158 g/mol. The van der Waals surface area contributed by atoms with Crippen LogP contribution in [0.4, 0.5) is 5.69 Å². The average Bonchev–Trinajstić information content (AvgIpc) is 2.17. The fraction of sp³-hybridized carbons (Fsp3) is 0.333. The molecule has 0 saturated carbocycles. The quantitative estimate of drug-likeness (QED) is 0.621. The SMILES string of the molecule is C#CC(C)c1ccc(N(C)C)cc1. The van der Waals surface area contributed by atoms with Crippen LogP contribution in [0.2, 0.25) is 0 Å². The standard InChI is InChI=1S/C12H15N/c1-5-10(2)11-6-8-12(9-7-11)13(3)4/h1,6-10H,2-4H3. The van der Waals surface area contributed by atoms with Gasteiger partial charge >= 0.3 is 0 Å². The summed E-state index contributed by atoms with van der Waals surface area (Å²) in [6, 6.07) is 8.34. The van der Waals surface area contributed by atoms with Gasteiger partial charge in [0.05, 0.1) is 0 Å². The predicted molar refractivity (Wildman–Crippen MR) is 58.0 cm³/mol. The van der Waals surface area contributed by atoms with Crippen LogP contribution in [0, 0.1) is 12.3 Å². The summed E-state index contributed by atoms with van der Waals surface area (Å²) < 4.78 is 0. The molecule has 0 saturated heterocycles. The molecule has 0 amide bonds. The summed E-state index contributed by atoms with van der Waals surface area (Å²) in [7, 11) is 4.05. The molecule has 68 valence electrons. The van der Waals surface area contributed by atoms with Crippen LogP contribution in [0.5, 0.6) is 0 Å². The fourth-order valence-corrected chi connectivity index (χ4v) is 1.16. The van der Waals surface area contributed by atoms with Crippen LogP contribution < -0.4 is 4.90 Å². The first-order valence-electron chi connectivity index (χ1n) is 4.38. The number of rotatable bonds is 2. The minimum atomic E-state index is 0.205.